The van der Waals surface area contributed by atoms with Crippen LogP contribution in [0.3, 0.4) is 0 Å². The SMILES string of the molecule is O=C(O)CC(NC(=O)Nc1c(Cl)cc(Br)cc1Cl)C(=O)O. The molecule has 0 aliphatic rings. The van der Waals surface area contributed by atoms with E-state index in [4.69, 9.17) is 33.4 Å². The number of halogens is 3. The first-order chi connectivity index (χ1) is 9.70. The molecule has 0 saturated carbocycles. The highest BCUT2D eigenvalue weighted by Crippen LogP contribution is 2.33. The summed E-state index contributed by atoms with van der Waals surface area (Å²) in [5, 5.41) is 21.9. The van der Waals surface area contributed by atoms with E-state index in [1.54, 1.807) is 0 Å². The van der Waals surface area contributed by atoms with Crippen LogP contribution in [0.2, 0.25) is 10.0 Å². The molecular weight excluding hydrogens is 391 g/mol. The van der Waals surface area contributed by atoms with Gasteiger partial charge in [-0.15, -0.1) is 0 Å². The summed E-state index contributed by atoms with van der Waals surface area (Å²) in [6.07, 6.45) is -0.759. The van der Waals surface area contributed by atoms with E-state index >= 15 is 0 Å². The van der Waals surface area contributed by atoms with Gasteiger partial charge in [0.2, 0.25) is 0 Å². The van der Waals surface area contributed by atoms with Gasteiger partial charge in [-0.1, -0.05) is 39.1 Å². The van der Waals surface area contributed by atoms with Crippen molar-refractivity contribution in [3.05, 3.63) is 26.7 Å². The van der Waals surface area contributed by atoms with Crippen LogP contribution in [0.25, 0.3) is 0 Å². The molecule has 0 bridgehead atoms. The van der Waals surface area contributed by atoms with Crippen LogP contribution in [0.1, 0.15) is 6.42 Å². The molecule has 0 aliphatic heterocycles. The summed E-state index contributed by atoms with van der Waals surface area (Å²) in [6, 6.07) is 0.453. The van der Waals surface area contributed by atoms with Crippen LogP contribution >= 0.6 is 39.1 Å². The second-order valence-corrected chi connectivity index (χ2v) is 5.56. The average Bonchev–Trinajstić information content (AvgIpc) is 2.32. The van der Waals surface area contributed by atoms with E-state index in [2.05, 4.69) is 21.2 Å². The smallest absolute Gasteiger partial charge is 0.326 e. The lowest BCUT2D eigenvalue weighted by atomic mass is 10.2. The fourth-order valence-corrected chi connectivity index (χ4v) is 2.65. The maximum absolute atomic E-state index is 11.7. The van der Waals surface area contributed by atoms with E-state index in [1.807, 2.05) is 5.32 Å². The zero-order chi connectivity index (χ0) is 16.2. The highest BCUT2D eigenvalue weighted by atomic mass is 79.9. The number of carbonyl (C=O) groups is 3. The number of amides is 2. The molecule has 7 nitrogen and oxygen atoms in total. The monoisotopic (exact) mass is 398 g/mol. The highest BCUT2D eigenvalue weighted by molar-refractivity contribution is 9.10. The molecule has 1 atom stereocenters. The van der Waals surface area contributed by atoms with Gasteiger partial charge in [-0.25, -0.2) is 9.59 Å². The Morgan fingerprint density at radius 3 is 2.14 bits per heavy atom. The first-order valence-electron chi connectivity index (χ1n) is 5.37. The average molecular weight is 400 g/mol. The minimum Gasteiger partial charge on any atom is -0.481 e. The highest BCUT2D eigenvalue weighted by Gasteiger charge is 2.23. The molecule has 0 spiro atoms. The fraction of sp³-hybridized carbons (Fsp3) is 0.182. The van der Waals surface area contributed by atoms with Crippen molar-refractivity contribution in [2.75, 3.05) is 5.32 Å². The standard InChI is InChI=1S/C11H9BrCl2N2O5/c12-4-1-5(13)9(6(14)2-4)16-11(21)15-7(10(19)20)3-8(17)18/h1-2,7H,3H2,(H,17,18)(H,19,20)(H2,15,16,21). The summed E-state index contributed by atoms with van der Waals surface area (Å²) in [4.78, 5) is 33.0. The first kappa shape index (κ1) is 17.5. The number of nitrogens with one attached hydrogen (secondary N) is 2. The molecule has 0 fully saturated rings. The number of carbonyl (C=O) groups excluding carboxylic acids is 1. The summed E-state index contributed by atoms with van der Waals surface area (Å²) in [5.74, 6) is -2.83. The molecule has 4 N–H and O–H groups in total. The van der Waals surface area contributed by atoms with Gasteiger partial charge in [-0.3, -0.25) is 4.79 Å². The predicted octanol–water partition coefficient (Wildman–Crippen LogP) is 2.81. The number of benzene rings is 1. The number of anilines is 1. The Bertz CT molecular complexity index is 573. The Labute approximate surface area is 137 Å². The van der Waals surface area contributed by atoms with Crippen LogP contribution < -0.4 is 10.6 Å². The molecular formula is C11H9BrCl2N2O5. The predicted molar refractivity (Wildman–Crippen MR) is 80.0 cm³/mol. The Morgan fingerprint density at radius 1 is 1.19 bits per heavy atom. The van der Waals surface area contributed by atoms with Crippen molar-refractivity contribution in [2.45, 2.75) is 12.5 Å². The quantitative estimate of drug-likeness (QED) is 0.607. The largest absolute Gasteiger partial charge is 0.481 e. The molecule has 0 aliphatic carbocycles. The Hall–Kier alpha value is -1.51. The lowest BCUT2D eigenvalue weighted by Gasteiger charge is -2.15. The van der Waals surface area contributed by atoms with E-state index in [0.717, 1.165) is 0 Å². The van der Waals surface area contributed by atoms with Crippen molar-refractivity contribution in [2.24, 2.45) is 0 Å². The van der Waals surface area contributed by atoms with Gasteiger partial charge in [0.1, 0.15) is 6.04 Å². The topological polar surface area (TPSA) is 116 Å². The second-order valence-electron chi connectivity index (χ2n) is 3.83. The third-order valence-electron chi connectivity index (χ3n) is 2.23. The first-order valence-corrected chi connectivity index (χ1v) is 6.92. The van der Waals surface area contributed by atoms with E-state index in [0.29, 0.717) is 4.47 Å². The Morgan fingerprint density at radius 2 is 1.71 bits per heavy atom. The van der Waals surface area contributed by atoms with Gasteiger partial charge in [0, 0.05) is 4.47 Å². The maximum atomic E-state index is 11.7. The van der Waals surface area contributed by atoms with Crippen molar-refractivity contribution in [3.63, 3.8) is 0 Å². The minimum atomic E-state index is -1.57. The lowest BCUT2D eigenvalue weighted by Crippen LogP contribution is -2.44. The van der Waals surface area contributed by atoms with Crippen molar-refractivity contribution in [1.29, 1.82) is 0 Å². The van der Waals surface area contributed by atoms with Gasteiger partial charge in [0.15, 0.2) is 0 Å². The Kier molecular flexibility index (Phi) is 6.25. The van der Waals surface area contributed by atoms with E-state index < -0.39 is 30.4 Å². The van der Waals surface area contributed by atoms with Gasteiger partial charge < -0.3 is 20.8 Å². The number of hydrogen-bond acceptors (Lipinski definition) is 3. The molecule has 1 aromatic rings. The molecule has 1 aromatic carbocycles. The summed E-state index contributed by atoms with van der Waals surface area (Å²) < 4.78 is 0.595. The summed E-state index contributed by atoms with van der Waals surface area (Å²) >= 11 is 14.9. The van der Waals surface area contributed by atoms with Crippen molar-refractivity contribution >= 4 is 62.8 Å². The molecule has 114 valence electrons. The summed E-state index contributed by atoms with van der Waals surface area (Å²) in [5.41, 5.74) is 0.0819. The molecule has 0 aromatic heterocycles. The van der Waals surface area contributed by atoms with Crippen LogP contribution in [0, 0.1) is 0 Å². The van der Waals surface area contributed by atoms with Crippen molar-refractivity contribution < 1.29 is 24.6 Å². The maximum Gasteiger partial charge on any atom is 0.326 e. The molecule has 10 heteroatoms. The fourth-order valence-electron chi connectivity index (χ4n) is 1.34. The number of urea groups is 1. The molecule has 0 heterocycles. The number of hydrogen-bond donors (Lipinski definition) is 4. The molecule has 21 heavy (non-hydrogen) atoms. The number of carboxylic acids is 2. The van der Waals surface area contributed by atoms with Crippen molar-refractivity contribution in [3.8, 4) is 0 Å². The lowest BCUT2D eigenvalue weighted by molar-refractivity contribution is -0.145. The van der Waals surface area contributed by atoms with E-state index in [-0.39, 0.29) is 15.7 Å². The van der Waals surface area contributed by atoms with Crippen LogP contribution in [0.4, 0.5) is 10.5 Å². The van der Waals surface area contributed by atoms with Crippen LogP contribution in [0.15, 0.2) is 16.6 Å². The van der Waals surface area contributed by atoms with Crippen LogP contribution in [0.5, 0.6) is 0 Å². The van der Waals surface area contributed by atoms with Gasteiger partial charge >= 0.3 is 18.0 Å². The summed E-state index contributed by atoms with van der Waals surface area (Å²) in [7, 11) is 0. The third kappa shape index (κ3) is 5.41. The Balaban J connectivity index is 2.82. The summed E-state index contributed by atoms with van der Waals surface area (Å²) in [6.45, 7) is 0. The zero-order valence-electron chi connectivity index (χ0n) is 10.2. The third-order valence-corrected chi connectivity index (χ3v) is 3.28. The number of rotatable bonds is 5. The minimum absolute atomic E-state index is 0.0819. The van der Waals surface area contributed by atoms with Crippen LogP contribution in [-0.4, -0.2) is 34.2 Å². The van der Waals surface area contributed by atoms with E-state index in [9.17, 15) is 14.4 Å². The molecule has 1 rings (SSSR count). The van der Waals surface area contributed by atoms with Crippen LogP contribution in [-0.2, 0) is 9.59 Å². The van der Waals surface area contributed by atoms with Gasteiger partial charge in [-0.05, 0) is 12.1 Å². The van der Waals surface area contributed by atoms with E-state index in [1.165, 1.54) is 12.1 Å². The zero-order valence-corrected chi connectivity index (χ0v) is 13.3. The van der Waals surface area contributed by atoms with Gasteiger partial charge in [0.25, 0.3) is 0 Å². The van der Waals surface area contributed by atoms with Crippen molar-refractivity contribution in [1.82, 2.24) is 5.32 Å². The second kappa shape index (κ2) is 7.48. The molecule has 1 unspecified atom stereocenters. The normalized spacial score (nSPS) is 11.6. The van der Waals surface area contributed by atoms with Gasteiger partial charge in [-0.2, -0.15) is 0 Å². The molecule has 2 amide bonds. The number of carboxylic acid groups (broad SMARTS) is 2. The molecule has 0 radical (unpaired) electrons. The van der Waals surface area contributed by atoms with Gasteiger partial charge in [0.05, 0.1) is 22.2 Å². The molecule has 0 saturated heterocycles. The number of aliphatic carboxylic acids is 2.